The quantitative estimate of drug-likeness (QED) is 0.520. The first kappa shape index (κ1) is 22.0. The monoisotopic (exact) mass is 476 g/mol. The molecular formula is C25H27Cl2FN2O2. The van der Waals surface area contributed by atoms with Crippen LogP contribution in [0.4, 0.5) is 4.39 Å². The molecule has 1 aliphatic carbocycles. The summed E-state index contributed by atoms with van der Waals surface area (Å²) >= 11 is 12.1. The van der Waals surface area contributed by atoms with Gasteiger partial charge >= 0.3 is 0 Å². The zero-order valence-corrected chi connectivity index (χ0v) is 19.6. The maximum atomic E-state index is 15.0. The summed E-state index contributed by atoms with van der Waals surface area (Å²) in [5, 5.41) is 1.09. The highest BCUT2D eigenvalue weighted by Crippen LogP contribution is 2.43. The van der Waals surface area contributed by atoms with Crippen molar-refractivity contribution in [2.45, 2.75) is 57.2 Å². The van der Waals surface area contributed by atoms with E-state index in [0.717, 1.165) is 49.9 Å². The fourth-order valence-electron chi connectivity index (χ4n) is 4.85. The Morgan fingerprint density at radius 2 is 1.81 bits per heavy atom. The molecule has 32 heavy (non-hydrogen) atoms. The molecule has 3 aliphatic rings. The van der Waals surface area contributed by atoms with Crippen LogP contribution in [0.1, 0.15) is 60.0 Å². The molecule has 2 saturated heterocycles. The van der Waals surface area contributed by atoms with Gasteiger partial charge in [0.25, 0.3) is 5.91 Å². The van der Waals surface area contributed by atoms with Crippen LogP contribution in [-0.2, 0) is 6.54 Å². The molecule has 170 valence electrons. The average molecular weight is 477 g/mol. The Kier molecular flexibility index (Phi) is 6.08. The molecule has 7 heteroatoms. The standard InChI is InChI=1S/C25H27Cl2FN2O2/c1-15-3-2-6-30(15)25(31)23-11-22(16-4-5-16)17(7-24(23)28)12-29-13-21(14-29)32-20-9-18(26)8-19(27)10-20/h7-11,15-16,21H,2-6,12-14H2,1H3/t15-/m1/s1. The highest BCUT2D eigenvalue weighted by Gasteiger charge is 2.34. The number of carbonyl (C=O) groups is 1. The maximum absolute atomic E-state index is 15.0. The van der Waals surface area contributed by atoms with Gasteiger partial charge in [-0.25, -0.2) is 4.39 Å². The van der Waals surface area contributed by atoms with Crippen molar-refractivity contribution in [3.8, 4) is 5.75 Å². The fourth-order valence-corrected chi connectivity index (χ4v) is 5.36. The van der Waals surface area contributed by atoms with Crippen LogP contribution < -0.4 is 4.74 Å². The van der Waals surface area contributed by atoms with Gasteiger partial charge < -0.3 is 9.64 Å². The topological polar surface area (TPSA) is 32.8 Å². The Morgan fingerprint density at radius 1 is 1.09 bits per heavy atom. The lowest BCUT2D eigenvalue weighted by molar-refractivity contribution is 0.0144. The van der Waals surface area contributed by atoms with Crippen molar-refractivity contribution >= 4 is 29.1 Å². The van der Waals surface area contributed by atoms with E-state index in [9.17, 15) is 4.79 Å². The largest absolute Gasteiger partial charge is 0.488 e. The number of rotatable bonds is 6. The van der Waals surface area contributed by atoms with Crippen molar-refractivity contribution in [3.05, 3.63) is 62.9 Å². The molecule has 2 aromatic rings. The van der Waals surface area contributed by atoms with Gasteiger partial charge in [0.2, 0.25) is 0 Å². The van der Waals surface area contributed by atoms with Gasteiger partial charge in [-0.2, -0.15) is 0 Å². The van der Waals surface area contributed by atoms with Crippen molar-refractivity contribution in [1.29, 1.82) is 0 Å². The average Bonchev–Trinajstić information content (AvgIpc) is 3.45. The van der Waals surface area contributed by atoms with Gasteiger partial charge in [-0.3, -0.25) is 9.69 Å². The van der Waals surface area contributed by atoms with Crippen LogP contribution in [0.2, 0.25) is 10.0 Å². The number of amides is 1. The molecule has 1 atom stereocenters. The zero-order chi connectivity index (χ0) is 22.4. The van der Waals surface area contributed by atoms with Crippen LogP contribution in [-0.4, -0.2) is 47.5 Å². The van der Waals surface area contributed by atoms with E-state index in [2.05, 4.69) is 4.90 Å². The summed E-state index contributed by atoms with van der Waals surface area (Å²) in [6.07, 6.45) is 4.24. The van der Waals surface area contributed by atoms with Gasteiger partial charge in [0.05, 0.1) is 5.56 Å². The molecule has 5 rings (SSSR count). The first-order chi connectivity index (χ1) is 15.4. The molecule has 2 heterocycles. The number of carbonyl (C=O) groups excluding carboxylic acids is 1. The van der Waals surface area contributed by atoms with Gasteiger partial charge in [-0.05, 0) is 80.0 Å². The SMILES string of the molecule is C[C@@H]1CCCN1C(=O)c1cc(C2CC2)c(CN2CC(Oc3cc(Cl)cc(Cl)c3)C2)cc1F. The van der Waals surface area contributed by atoms with E-state index in [0.29, 0.717) is 34.8 Å². The molecule has 4 nitrogen and oxygen atoms in total. The minimum absolute atomic E-state index is 0.0521. The van der Waals surface area contributed by atoms with E-state index in [1.807, 2.05) is 17.9 Å². The van der Waals surface area contributed by atoms with Gasteiger partial charge in [-0.15, -0.1) is 0 Å². The zero-order valence-electron chi connectivity index (χ0n) is 18.1. The summed E-state index contributed by atoms with van der Waals surface area (Å²) in [6, 6.07) is 8.79. The first-order valence-corrected chi connectivity index (χ1v) is 12.1. The third kappa shape index (κ3) is 4.61. The van der Waals surface area contributed by atoms with Crippen molar-refractivity contribution in [2.24, 2.45) is 0 Å². The second-order valence-corrected chi connectivity index (χ2v) is 10.2. The van der Waals surface area contributed by atoms with Crippen molar-refractivity contribution in [2.75, 3.05) is 19.6 Å². The van der Waals surface area contributed by atoms with E-state index in [4.69, 9.17) is 27.9 Å². The number of hydrogen-bond acceptors (Lipinski definition) is 3. The summed E-state index contributed by atoms with van der Waals surface area (Å²) in [4.78, 5) is 17.0. The van der Waals surface area contributed by atoms with Crippen molar-refractivity contribution in [3.63, 3.8) is 0 Å². The molecule has 0 aromatic heterocycles. The summed E-state index contributed by atoms with van der Waals surface area (Å²) in [5.74, 6) is 0.528. The van der Waals surface area contributed by atoms with Gasteiger partial charge in [0.1, 0.15) is 17.7 Å². The second kappa shape index (κ2) is 8.85. The lowest BCUT2D eigenvalue weighted by Gasteiger charge is -2.39. The number of hydrogen-bond donors (Lipinski definition) is 0. The third-order valence-corrected chi connectivity index (χ3v) is 7.18. The molecule has 1 saturated carbocycles. The molecule has 3 fully saturated rings. The minimum Gasteiger partial charge on any atom is -0.488 e. The highest BCUT2D eigenvalue weighted by molar-refractivity contribution is 6.34. The van der Waals surface area contributed by atoms with Crippen LogP contribution in [0, 0.1) is 5.82 Å². The molecule has 0 bridgehead atoms. The number of benzene rings is 2. The summed E-state index contributed by atoms with van der Waals surface area (Å²) in [7, 11) is 0. The molecule has 0 spiro atoms. The Bertz CT molecular complexity index is 1020. The second-order valence-electron chi connectivity index (χ2n) is 9.33. The lowest BCUT2D eigenvalue weighted by atomic mass is 9.97. The third-order valence-electron chi connectivity index (χ3n) is 6.75. The van der Waals surface area contributed by atoms with Gasteiger partial charge in [0, 0.05) is 42.3 Å². The van der Waals surface area contributed by atoms with E-state index >= 15 is 4.39 Å². The molecule has 1 amide bonds. The smallest absolute Gasteiger partial charge is 0.257 e. The van der Waals surface area contributed by atoms with Crippen LogP contribution >= 0.6 is 23.2 Å². The van der Waals surface area contributed by atoms with E-state index in [1.165, 1.54) is 0 Å². The molecule has 2 aliphatic heterocycles. The molecular weight excluding hydrogens is 450 g/mol. The van der Waals surface area contributed by atoms with Crippen LogP contribution in [0.25, 0.3) is 0 Å². The Labute approximate surface area is 198 Å². The number of halogens is 3. The van der Waals surface area contributed by atoms with Gasteiger partial charge in [0.15, 0.2) is 0 Å². The predicted molar refractivity (Wildman–Crippen MR) is 124 cm³/mol. The lowest BCUT2D eigenvalue weighted by Crippen LogP contribution is -2.53. The van der Waals surface area contributed by atoms with Crippen molar-refractivity contribution in [1.82, 2.24) is 9.80 Å². The van der Waals surface area contributed by atoms with Crippen LogP contribution in [0.3, 0.4) is 0 Å². The molecule has 0 unspecified atom stereocenters. The fraction of sp³-hybridized carbons (Fsp3) is 0.480. The van der Waals surface area contributed by atoms with E-state index in [-0.39, 0.29) is 23.6 Å². The normalized spacial score (nSPS) is 21.6. The van der Waals surface area contributed by atoms with Crippen LogP contribution in [0.5, 0.6) is 5.75 Å². The highest BCUT2D eigenvalue weighted by atomic mass is 35.5. The summed E-state index contributed by atoms with van der Waals surface area (Å²) in [6.45, 7) is 4.92. The maximum Gasteiger partial charge on any atom is 0.257 e. The van der Waals surface area contributed by atoms with E-state index < -0.39 is 5.82 Å². The Balaban J connectivity index is 1.26. The Hall–Kier alpha value is -1.82. The summed E-state index contributed by atoms with van der Waals surface area (Å²) < 4.78 is 21.0. The van der Waals surface area contributed by atoms with E-state index in [1.54, 1.807) is 24.3 Å². The Morgan fingerprint density at radius 3 is 2.44 bits per heavy atom. The predicted octanol–water partition coefficient (Wildman–Crippen LogP) is 5.90. The minimum atomic E-state index is -0.407. The van der Waals surface area contributed by atoms with Crippen LogP contribution in [0.15, 0.2) is 30.3 Å². The summed E-state index contributed by atoms with van der Waals surface area (Å²) in [5.41, 5.74) is 2.35. The number of likely N-dealkylation sites (tertiary alicyclic amines) is 2. The number of ether oxygens (including phenoxy) is 1. The molecule has 2 aromatic carbocycles. The molecule has 0 radical (unpaired) electrons. The van der Waals surface area contributed by atoms with Crippen molar-refractivity contribution < 1.29 is 13.9 Å². The number of nitrogens with zero attached hydrogens (tertiary/aromatic N) is 2. The van der Waals surface area contributed by atoms with Gasteiger partial charge in [-0.1, -0.05) is 23.2 Å². The molecule has 0 N–H and O–H groups in total. The first-order valence-electron chi connectivity index (χ1n) is 11.4.